The molecule has 10 nitrogen and oxygen atoms in total. The second-order valence-electron chi connectivity index (χ2n) is 5.06. The van der Waals surface area contributed by atoms with E-state index >= 15 is 0 Å². The smallest absolute Gasteiger partial charge is 0.348 e. The number of H-pyrrole nitrogens is 1. The second kappa shape index (κ2) is 7.56. The van der Waals surface area contributed by atoms with Crippen LogP contribution >= 0.6 is 7.60 Å². The van der Waals surface area contributed by atoms with Crippen LogP contribution in [0.25, 0.3) is 0 Å². The number of nitrogens with one attached hydrogen (secondary N) is 1. The van der Waals surface area contributed by atoms with Gasteiger partial charge in [0.1, 0.15) is 18.3 Å². The monoisotopic (exact) mass is 362 g/mol. The van der Waals surface area contributed by atoms with Crippen molar-refractivity contribution in [2.24, 2.45) is 0 Å². The summed E-state index contributed by atoms with van der Waals surface area (Å²) in [5.41, 5.74) is -1.24. The van der Waals surface area contributed by atoms with Crippen molar-refractivity contribution in [3.8, 4) is 0 Å². The van der Waals surface area contributed by atoms with Gasteiger partial charge in [-0.15, -0.1) is 0 Å². The van der Waals surface area contributed by atoms with Gasteiger partial charge in [-0.05, 0) is 13.0 Å². The van der Waals surface area contributed by atoms with Gasteiger partial charge >= 0.3 is 13.3 Å². The van der Waals surface area contributed by atoms with Crippen LogP contribution in [0, 0.1) is 0 Å². The molecule has 0 amide bonds. The Balaban J connectivity index is 2.38. The summed E-state index contributed by atoms with van der Waals surface area (Å²) < 4.78 is 28.8. The number of hydrogen-bond donors (Lipinski definition) is 3. The molecule has 3 N–H and O–H groups in total. The first-order valence-electron chi connectivity index (χ1n) is 7.12. The van der Waals surface area contributed by atoms with Crippen molar-refractivity contribution in [3.05, 3.63) is 45.0 Å². The van der Waals surface area contributed by atoms with E-state index in [2.05, 4.69) is 4.98 Å². The summed E-state index contributed by atoms with van der Waals surface area (Å²) in [6.07, 6.45) is -0.736. The molecule has 2 rings (SSSR count). The van der Waals surface area contributed by atoms with Crippen molar-refractivity contribution in [1.29, 1.82) is 0 Å². The molecule has 4 unspecified atom stereocenters. The quantitative estimate of drug-likeness (QED) is 0.578. The molecule has 0 radical (unpaired) electrons. The molecule has 4 atom stereocenters. The molecule has 1 fully saturated rings. The number of rotatable bonds is 6. The standard InChI is InChI=1S/C13H19N2O8P/c1-3-22-10-8(5-7-24(18,19)20)23-12(11(10)21-2)15-6-4-9(16)14-13(15)17/h4-8,10-12H,3H2,1-2H3,(H,14,16,17)(H2,18,19,20)/b7-5+. The molecule has 2 heterocycles. The van der Waals surface area contributed by atoms with Crippen LogP contribution in [0.4, 0.5) is 0 Å². The van der Waals surface area contributed by atoms with Crippen molar-refractivity contribution in [2.45, 2.75) is 31.5 Å². The molecule has 0 aromatic carbocycles. The maximum atomic E-state index is 12.0. The highest BCUT2D eigenvalue weighted by Crippen LogP contribution is 2.39. The highest BCUT2D eigenvalue weighted by atomic mass is 31.2. The molecule has 134 valence electrons. The van der Waals surface area contributed by atoms with Gasteiger partial charge in [0.05, 0.1) is 0 Å². The van der Waals surface area contributed by atoms with Crippen LogP contribution in [0.15, 0.2) is 33.7 Å². The predicted octanol–water partition coefficient (Wildman–Crippen LogP) is -0.455. The minimum Gasteiger partial charge on any atom is -0.374 e. The first-order valence-corrected chi connectivity index (χ1v) is 8.81. The fourth-order valence-electron chi connectivity index (χ4n) is 2.50. The van der Waals surface area contributed by atoms with E-state index in [4.69, 9.17) is 24.0 Å². The number of ether oxygens (including phenoxy) is 3. The molecular formula is C13H19N2O8P. The third-order valence-electron chi connectivity index (χ3n) is 3.45. The molecule has 1 aliphatic heterocycles. The van der Waals surface area contributed by atoms with E-state index in [0.717, 1.165) is 10.6 Å². The molecular weight excluding hydrogens is 343 g/mol. The lowest BCUT2D eigenvalue weighted by Crippen LogP contribution is -2.39. The molecule has 0 aliphatic carbocycles. The van der Waals surface area contributed by atoms with E-state index in [1.54, 1.807) is 6.92 Å². The Hall–Kier alpha value is -1.55. The summed E-state index contributed by atoms with van der Waals surface area (Å²) in [5, 5.41) is 0. The summed E-state index contributed by atoms with van der Waals surface area (Å²) in [7, 11) is -2.97. The summed E-state index contributed by atoms with van der Waals surface area (Å²) >= 11 is 0. The van der Waals surface area contributed by atoms with E-state index in [9.17, 15) is 14.2 Å². The molecule has 1 aromatic rings. The third kappa shape index (κ3) is 4.29. The number of aromatic nitrogens is 2. The number of nitrogens with zero attached hydrogens (tertiary/aromatic N) is 1. The Kier molecular flexibility index (Phi) is 5.92. The van der Waals surface area contributed by atoms with E-state index in [-0.39, 0.29) is 0 Å². The molecule has 11 heteroatoms. The Morgan fingerprint density at radius 1 is 1.42 bits per heavy atom. The molecule has 24 heavy (non-hydrogen) atoms. The topological polar surface area (TPSA) is 140 Å². The van der Waals surface area contributed by atoms with Crippen molar-refractivity contribution in [3.63, 3.8) is 0 Å². The van der Waals surface area contributed by atoms with Gasteiger partial charge in [0, 0.05) is 31.8 Å². The largest absolute Gasteiger partial charge is 0.374 e. The number of methoxy groups -OCH3 is 1. The molecule has 1 saturated heterocycles. The van der Waals surface area contributed by atoms with Gasteiger partial charge in [-0.25, -0.2) is 4.79 Å². The minimum absolute atomic E-state index is 0.307. The van der Waals surface area contributed by atoms with Crippen LogP contribution in [0.5, 0.6) is 0 Å². The van der Waals surface area contributed by atoms with Gasteiger partial charge in [0.2, 0.25) is 0 Å². The maximum absolute atomic E-state index is 12.0. The molecule has 0 spiro atoms. The van der Waals surface area contributed by atoms with Crippen molar-refractivity contribution in [2.75, 3.05) is 13.7 Å². The minimum atomic E-state index is -4.37. The first kappa shape index (κ1) is 18.8. The molecule has 0 bridgehead atoms. The SMILES string of the molecule is CCOC1C(/C=C/P(=O)(O)O)OC(n2ccc(=O)[nH]c2=O)C1OC. The van der Waals surface area contributed by atoms with Crippen LogP contribution in [-0.2, 0) is 18.8 Å². The zero-order valence-corrected chi connectivity index (χ0v) is 14.0. The summed E-state index contributed by atoms with van der Waals surface area (Å²) in [6, 6.07) is 1.16. The van der Waals surface area contributed by atoms with Gasteiger partial charge in [-0.2, -0.15) is 0 Å². The predicted molar refractivity (Wildman–Crippen MR) is 82.6 cm³/mol. The Labute approximate surface area is 136 Å². The van der Waals surface area contributed by atoms with E-state index < -0.39 is 43.4 Å². The summed E-state index contributed by atoms with van der Waals surface area (Å²) in [5.74, 6) is 0.717. The Morgan fingerprint density at radius 2 is 2.12 bits per heavy atom. The molecule has 0 saturated carbocycles. The first-order chi connectivity index (χ1) is 11.3. The zero-order chi connectivity index (χ0) is 17.9. The van der Waals surface area contributed by atoms with Gasteiger partial charge < -0.3 is 24.0 Å². The van der Waals surface area contributed by atoms with Crippen LogP contribution in [-0.4, -0.2) is 51.4 Å². The maximum Gasteiger partial charge on any atom is 0.348 e. The summed E-state index contributed by atoms with van der Waals surface area (Å²) in [6.45, 7) is 2.05. The van der Waals surface area contributed by atoms with Gasteiger partial charge in [-0.1, -0.05) is 0 Å². The second-order valence-corrected chi connectivity index (χ2v) is 6.54. The molecule has 1 aliphatic rings. The fraction of sp³-hybridized carbons (Fsp3) is 0.538. The van der Waals surface area contributed by atoms with Crippen LogP contribution in [0.2, 0.25) is 0 Å². The van der Waals surface area contributed by atoms with Crippen LogP contribution in [0.3, 0.4) is 0 Å². The van der Waals surface area contributed by atoms with E-state index in [1.165, 1.54) is 19.4 Å². The van der Waals surface area contributed by atoms with Gasteiger partial charge in [0.15, 0.2) is 6.23 Å². The fourth-order valence-corrected chi connectivity index (χ4v) is 2.89. The zero-order valence-electron chi connectivity index (χ0n) is 13.1. The highest BCUT2D eigenvalue weighted by Gasteiger charge is 2.46. The highest BCUT2D eigenvalue weighted by molar-refractivity contribution is 7.55. The van der Waals surface area contributed by atoms with Crippen LogP contribution in [0.1, 0.15) is 13.2 Å². The van der Waals surface area contributed by atoms with E-state index in [1.807, 2.05) is 0 Å². The molecule has 1 aromatic heterocycles. The number of hydrogen-bond acceptors (Lipinski definition) is 6. The Bertz CT molecular complexity index is 751. The van der Waals surface area contributed by atoms with Crippen molar-refractivity contribution in [1.82, 2.24) is 9.55 Å². The number of aromatic amines is 1. The van der Waals surface area contributed by atoms with Gasteiger partial charge in [0.25, 0.3) is 5.56 Å². The summed E-state index contributed by atoms with van der Waals surface area (Å²) in [4.78, 5) is 43.2. The third-order valence-corrected chi connectivity index (χ3v) is 4.01. The Morgan fingerprint density at radius 3 is 2.67 bits per heavy atom. The van der Waals surface area contributed by atoms with E-state index in [0.29, 0.717) is 12.4 Å². The van der Waals surface area contributed by atoms with Gasteiger partial charge in [-0.3, -0.25) is 18.9 Å². The average molecular weight is 362 g/mol. The lowest BCUT2D eigenvalue weighted by Gasteiger charge is -2.22. The van der Waals surface area contributed by atoms with Crippen molar-refractivity contribution < 1.29 is 28.6 Å². The lowest BCUT2D eigenvalue weighted by molar-refractivity contribution is -0.0594. The normalized spacial score (nSPS) is 27.8. The van der Waals surface area contributed by atoms with Crippen LogP contribution < -0.4 is 11.2 Å². The average Bonchev–Trinajstić information content (AvgIpc) is 2.82. The lowest BCUT2D eigenvalue weighted by atomic mass is 10.1. The van der Waals surface area contributed by atoms with Crippen molar-refractivity contribution >= 4 is 7.60 Å².